The number of hydrogen-bond acceptors (Lipinski definition) is 5. The number of para-hydroxylation sites is 1. The Balaban J connectivity index is 1.59. The van der Waals surface area contributed by atoms with Crippen molar-refractivity contribution < 1.29 is 23.1 Å². The second-order valence-electron chi connectivity index (χ2n) is 6.25. The van der Waals surface area contributed by atoms with E-state index in [9.17, 15) is 18.4 Å². The first-order valence-electron chi connectivity index (χ1n) is 8.82. The van der Waals surface area contributed by atoms with E-state index in [4.69, 9.17) is 0 Å². The third-order valence-electron chi connectivity index (χ3n) is 4.08. The highest BCUT2D eigenvalue weighted by atomic mass is 32.1. The van der Waals surface area contributed by atoms with Gasteiger partial charge in [0.25, 0.3) is 0 Å². The molecule has 0 unspecified atom stereocenters. The molecule has 3 aromatic rings. The van der Waals surface area contributed by atoms with Crippen molar-refractivity contribution in [3.05, 3.63) is 65.0 Å². The van der Waals surface area contributed by atoms with Gasteiger partial charge in [0, 0.05) is 29.3 Å². The van der Waals surface area contributed by atoms with Crippen molar-refractivity contribution in [1.29, 1.82) is 0 Å². The highest BCUT2D eigenvalue weighted by Gasteiger charge is 2.15. The molecule has 1 N–H and O–H groups in total. The Bertz CT molecular complexity index is 1000. The Labute approximate surface area is 170 Å². The summed E-state index contributed by atoms with van der Waals surface area (Å²) in [6, 6.07) is 13.5. The highest BCUT2D eigenvalue weighted by Crippen LogP contribution is 2.33. The number of nitrogens with zero attached hydrogens (tertiary/aromatic N) is 1. The molecule has 0 aliphatic heterocycles. The zero-order chi connectivity index (χ0) is 20.8. The normalized spacial score (nSPS) is 10.8. The number of benzene rings is 2. The molecule has 5 nitrogen and oxygen atoms in total. The van der Waals surface area contributed by atoms with Gasteiger partial charge in [0.1, 0.15) is 5.75 Å². The lowest BCUT2D eigenvalue weighted by Crippen LogP contribution is -2.13. The Kier molecular flexibility index (Phi) is 6.66. The number of aromatic nitrogens is 1. The van der Waals surface area contributed by atoms with E-state index in [0.29, 0.717) is 22.0 Å². The van der Waals surface area contributed by atoms with Crippen molar-refractivity contribution in [2.24, 2.45) is 0 Å². The lowest BCUT2D eigenvalue weighted by atomic mass is 10.1. The van der Waals surface area contributed by atoms with Crippen molar-refractivity contribution in [2.45, 2.75) is 26.4 Å². The van der Waals surface area contributed by atoms with Gasteiger partial charge in [-0.3, -0.25) is 9.59 Å². The second-order valence-corrected chi connectivity index (χ2v) is 7.11. The van der Waals surface area contributed by atoms with Crippen LogP contribution in [0.3, 0.4) is 0 Å². The third-order valence-corrected chi connectivity index (χ3v) is 4.84. The third kappa shape index (κ3) is 5.68. The van der Waals surface area contributed by atoms with E-state index >= 15 is 0 Å². The van der Waals surface area contributed by atoms with E-state index in [-0.39, 0.29) is 30.3 Å². The molecule has 0 spiro atoms. The van der Waals surface area contributed by atoms with Crippen LogP contribution >= 0.6 is 11.3 Å². The first kappa shape index (κ1) is 20.6. The number of carbonyl (C=O) groups excluding carboxylic acids is 2. The van der Waals surface area contributed by atoms with Crippen LogP contribution in [0.1, 0.15) is 28.8 Å². The first-order valence-corrected chi connectivity index (χ1v) is 9.70. The Hall–Kier alpha value is -3.13. The van der Waals surface area contributed by atoms with E-state index in [1.165, 1.54) is 6.07 Å². The fourth-order valence-corrected chi connectivity index (χ4v) is 3.35. The number of Topliss-reactive ketones (excluding diaryl/α,β-unsaturated/α-hetero) is 1. The van der Waals surface area contributed by atoms with E-state index in [1.807, 2.05) is 19.1 Å². The van der Waals surface area contributed by atoms with E-state index in [1.54, 1.807) is 35.7 Å². The highest BCUT2D eigenvalue weighted by molar-refractivity contribution is 7.14. The number of alkyl halides is 2. The maximum Gasteiger partial charge on any atom is 0.387 e. The minimum Gasteiger partial charge on any atom is -0.434 e. The number of halogens is 2. The summed E-state index contributed by atoms with van der Waals surface area (Å²) in [5, 5.41) is 4.59. The molecule has 3 rings (SSSR count). The lowest BCUT2D eigenvalue weighted by Gasteiger charge is -2.08. The van der Waals surface area contributed by atoms with Crippen LogP contribution in [0.5, 0.6) is 5.75 Å². The summed E-state index contributed by atoms with van der Waals surface area (Å²) >= 11 is 1.16. The quantitative estimate of drug-likeness (QED) is 0.505. The van der Waals surface area contributed by atoms with Crippen LogP contribution in [0.4, 0.5) is 13.9 Å². The predicted octanol–water partition coefficient (Wildman–Crippen LogP) is 5.32. The molecule has 1 heterocycles. The van der Waals surface area contributed by atoms with Gasteiger partial charge in [0.15, 0.2) is 10.9 Å². The summed E-state index contributed by atoms with van der Waals surface area (Å²) in [5.74, 6) is -0.448. The smallest absolute Gasteiger partial charge is 0.387 e. The Morgan fingerprint density at radius 1 is 1.10 bits per heavy atom. The fourth-order valence-electron chi connectivity index (χ4n) is 2.62. The molecular weight excluding hydrogens is 398 g/mol. The monoisotopic (exact) mass is 416 g/mol. The minimum absolute atomic E-state index is 0.00868. The van der Waals surface area contributed by atoms with E-state index in [2.05, 4.69) is 15.0 Å². The summed E-state index contributed by atoms with van der Waals surface area (Å²) in [7, 11) is 0. The molecule has 0 aliphatic carbocycles. The molecule has 1 amide bonds. The van der Waals surface area contributed by atoms with Gasteiger partial charge in [0.2, 0.25) is 5.91 Å². The number of amides is 1. The molecule has 2 aromatic carbocycles. The summed E-state index contributed by atoms with van der Waals surface area (Å²) in [5.41, 5.74) is 2.44. The molecule has 150 valence electrons. The molecule has 0 radical (unpaired) electrons. The predicted molar refractivity (Wildman–Crippen MR) is 108 cm³/mol. The van der Waals surface area contributed by atoms with Crippen molar-refractivity contribution in [1.82, 2.24) is 4.98 Å². The van der Waals surface area contributed by atoms with Gasteiger partial charge >= 0.3 is 6.61 Å². The molecule has 0 atom stereocenters. The number of aryl methyl sites for hydroxylation is 1. The first-order chi connectivity index (χ1) is 13.9. The molecule has 0 fully saturated rings. The zero-order valence-corrected chi connectivity index (χ0v) is 16.3. The number of ether oxygens (including phenoxy) is 1. The molecule has 0 bridgehead atoms. The van der Waals surface area contributed by atoms with Crippen LogP contribution in [-0.2, 0) is 4.79 Å². The summed E-state index contributed by atoms with van der Waals surface area (Å²) < 4.78 is 29.6. The number of anilines is 1. The average Bonchev–Trinajstić information content (AvgIpc) is 3.15. The number of thiazole rings is 1. The second kappa shape index (κ2) is 9.38. The zero-order valence-electron chi connectivity index (χ0n) is 15.5. The standard InChI is InChI=1S/C21H18F2N2O3S/c1-13-6-8-14(9-7-13)17(26)10-11-19(27)25-21-24-16(12-29-21)15-4-2-3-5-18(15)28-20(22)23/h2-9,12,20H,10-11H2,1H3,(H,24,25,27). The van der Waals surface area contributed by atoms with E-state index < -0.39 is 6.61 Å². The topological polar surface area (TPSA) is 68.3 Å². The number of ketones is 1. The van der Waals surface area contributed by atoms with Crippen molar-refractivity contribution in [3.8, 4) is 17.0 Å². The maximum absolute atomic E-state index is 12.6. The van der Waals surface area contributed by atoms with Crippen LogP contribution in [-0.4, -0.2) is 23.3 Å². The van der Waals surface area contributed by atoms with Gasteiger partial charge in [-0.05, 0) is 19.1 Å². The van der Waals surface area contributed by atoms with Crippen LogP contribution in [0, 0.1) is 6.92 Å². The maximum atomic E-state index is 12.6. The van der Waals surface area contributed by atoms with Crippen molar-refractivity contribution >= 4 is 28.2 Å². The van der Waals surface area contributed by atoms with Gasteiger partial charge in [-0.25, -0.2) is 4.98 Å². The van der Waals surface area contributed by atoms with Crippen molar-refractivity contribution in [3.63, 3.8) is 0 Å². The van der Waals surface area contributed by atoms with Gasteiger partial charge in [-0.1, -0.05) is 42.0 Å². The minimum atomic E-state index is -2.94. The lowest BCUT2D eigenvalue weighted by molar-refractivity contribution is -0.116. The average molecular weight is 416 g/mol. The molecule has 0 saturated heterocycles. The van der Waals surface area contributed by atoms with Crippen LogP contribution in [0.2, 0.25) is 0 Å². The molecule has 1 aromatic heterocycles. The molecule has 0 saturated carbocycles. The van der Waals surface area contributed by atoms with Gasteiger partial charge in [0.05, 0.1) is 5.69 Å². The largest absolute Gasteiger partial charge is 0.434 e. The molecule has 0 aliphatic rings. The number of rotatable bonds is 8. The van der Waals surface area contributed by atoms with Crippen LogP contribution < -0.4 is 10.1 Å². The Morgan fingerprint density at radius 2 is 1.83 bits per heavy atom. The van der Waals surface area contributed by atoms with Crippen molar-refractivity contribution in [2.75, 3.05) is 5.32 Å². The molecule has 29 heavy (non-hydrogen) atoms. The van der Waals surface area contributed by atoms with Crippen LogP contribution in [0.15, 0.2) is 53.9 Å². The van der Waals surface area contributed by atoms with Crippen LogP contribution in [0.25, 0.3) is 11.3 Å². The number of hydrogen-bond donors (Lipinski definition) is 1. The van der Waals surface area contributed by atoms with Gasteiger partial charge < -0.3 is 10.1 Å². The summed E-state index contributed by atoms with van der Waals surface area (Å²) in [4.78, 5) is 28.6. The SMILES string of the molecule is Cc1ccc(C(=O)CCC(=O)Nc2nc(-c3ccccc3OC(F)F)cs2)cc1. The van der Waals surface area contributed by atoms with E-state index in [0.717, 1.165) is 16.9 Å². The number of carbonyl (C=O) groups is 2. The number of nitrogens with one attached hydrogen (secondary N) is 1. The fraction of sp³-hybridized carbons (Fsp3) is 0.190. The summed E-state index contributed by atoms with van der Waals surface area (Å²) in [6.07, 6.45) is 0.102. The van der Waals surface area contributed by atoms with Gasteiger partial charge in [-0.2, -0.15) is 8.78 Å². The molecular formula is C21H18F2N2O3S. The molecule has 8 heteroatoms. The Morgan fingerprint density at radius 3 is 2.55 bits per heavy atom. The summed E-state index contributed by atoms with van der Waals surface area (Å²) in [6.45, 7) is -1.01. The van der Waals surface area contributed by atoms with Gasteiger partial charge in [-0.15, -0.1) is 11.3 Å².